The van der Waals surface area contributed by atoms with Crippen molar-refractivity contribution in [3.8, 4) is 17.0 Å². The molecule has 1 aliphatic rings. The number of fused-ring (bicyclic) bond motifs is 1. The molecule has 0 aliphatic heterocycles. The van der Waals surface area contributed by atoms with Gasteiger partial charge in [-0.3, -0.25) is 5.10 Å². The normalized spacial score (nSPS) is 19.3. The summed E-state index contributed by atoms with van der Waals surface area (Å²) >= 11 is 0. The fourth-order valence-corrected chi connectivity index (χ4v) is 3.08. The molecule has 1 fully saturated rings. The lowest BCUT2D eigenvalue weighted by Gasteiger charge is -2.13. The molecule has 3 heterocycles. The summed E-state index contributed by atoms with van der Waals surface area (Å²) in [5.74, 6) is -1.87. The smallest absolute Gasteiger partial charge is 0.250 e. The van der Waals surface area contributed by atoms with Crippen molar-refractivity contribution in [3.63, 3.8) is 0 Å². The lowest BCUT2D eigenvalue weighted by Crippen LogP contribution is -2.19. The summed E-state index contributed by atoms with van der Waals surface area (Å²) in [6.45, 7) is 3.80. The first-order chi connectivity index (χ1) is 12.4. The molecule has 138 valence electrons. The van der Waals surface area contributed by atoms with Gasteiger partial charge in [0.2, 0.25) is 17.5 Å². The van der Waals surface area contributed by atoms with E-state index in [1.807, 2.05) is 13.8 Å². The van der Waals surface area contributed by atoms with Crippen molar-refractivity contribution in [2.24, 2.45) is 0 Å². The van der Waals surface area contributed by atoms with E-state index in [2.05, 4.69) is 30.6 Å². The first-order valence-electron chi connectivity index (χ1n) is 8.47. The van der Waals surface area contributed by atoms with Crippen molar-refractivity contribution in [2.45, 2.75) is 51.2 Å². The van der Waals surface area contributed by atoms with Crippen molar-refractivity contribution in [1.29, 1.82) is 0 Å². The van der Waals surface area contributed by atoms with Crippen LogP contribution in [-0.4, -0.2) is 47.8 Å². The van der Waals surface area contributed by atoms with Crippen LogP contribution in [-0.2, 0) is 0 Å². The monoisotopic (exact) mass is 363 g/mol. The van der Waals surface area contributed by atoms with Crippen LogP contribution in [0.3, 0.4) is 0 Å². The molecule has 0 bridgehead atoms. The van der Waals surface area contributed by atoms with E-state index in [0.29, 0.717) is 23.5 Å². The fourth-order valence-electron chi connectivity index (χ4n) is 3.08. The van der Waals surface area contributed by atoms with Gasteiger partial charge in [-0.15, -0.1) is 5.10 Å². The van der Waals surface area contributed by atoms with E-state index in [-0.39, 0.29) is 30.9 Å². The number of nitrogens with zero attached hydrogens (tertiary/aromatic N) is 5. The van der Waals surface area contributed by atoms with Crippen molar-refractivity contribution < 1.29 is 13.5 Å². The molecule has 2 N–H and O–H groups in total. The number of hydrogen-bond donors (Lipinski definition) is 2. The van der Waals surface area contributed by atoms with Crippen molar-refractivity contribution >= 4 is 11.6 Å². The van der Waals surface area contributed by atoms with Gasteiger partial charge in [-0.05, 0) is 20.3 Å². The highest BCUT2D eigenvalue weighted by atomic mass is 19.3. The Bertz CT molecular complexity index is 907. The zero-order valence-electron chi connectivity index (χ0n) is 14.4. The maximum absolute atomic E-state index is 13.4. The van der Waals surface area contributed by atoms with Gasteiger partial charge in [-0.2, -0.15) is 14.6 Å². The van der Waals surface area contributed by atoms with E-state index in [4.69, 9.17) is 4.74 Å². The highest BCUT2D eigenvalue weighted by Gasteiger charge is 2.39. The largest absolute Gasteiger partial charge is 0.485 e. The molecule has 1 saturated carbocycles. The Hall–Kier alpha value is -2.78. The third-order valence-corrected chi connectivity index (χ3v) is 4.21. The van der Waals surface area contributed by atoms with E-state index in [1.54, 1.807) is 12.4 Å². The molecular formula is C16H19F2N7O. The van der Waals surface area contributed by atoms with Crippen LogP contribution in [0.2, 0.25) is 0 Å². The number of ether oxygens (including phenoxy) is 1. The number of halogens is 2. The lowest BCUT2D eigenvalue weighted by atomic mass is 10.2. The maximum Gasteiger partial charge on any atom is 0.250 e. The molecule has 0 saturated heterocycles. The summed E-state index contributed by atoms with van der Waals surface area (Å²) in [7, 11) is 0. The van der Waals surface area contributed by atoms with Gasteiger partial charge >= 0.3 is 0 Å². The summed E-state index contributed by atoms with van der Waals surface area (Å²) in [4.78, 5) is 8.85. The number of aromatic nitrogens is 6. The minimum absolute atomic E-state index is 0.102. The molecule has 8 nitrogen and oxygen atoms in total. The van der Waals surface area contributed by atoms with Crippen LogP contribution in [0.1, 0.15) is 33.1 Å². The van der Waals surface area contributed by atoms with Gasteiger partial charge in [-0.1, -0.05) is 0 Å². The van der Waals surface area contributed by atoms with Crippen LogP contribution in [0.25, 0.3) is 16.9 Å². The molecule has 0 amide bonds. The average Bonchev–Trinajstić information content (AvgIpc) is 3.27. The zero-order valence-corrected chi connectivity index (χ0v) is 14.4. The molecule has 0 unspecified atom stereocenters. The van der Waals surface area contributed by atoms with Crippen molar-refractivity contribution in [2.75, 3.05) is 5.32 Å². The van der Waals surface area contributed by atoms with Crippen LogP contribution in [0.5, 0.6) is 5.75 Å². The van der Waals surface area contributed by atoms with Gasteiger partial charge in [0.15, 0.2) is 5.75 Å². The topological polar surface area (TPSA) is 93.0 Å². The van der Waals surface area contributed by atoms with Crippen LogP contribution < -0.4 is 10.1 Å². The third kappa shape index (κ3) is 3.18. The SMILES string of the molecule is CC(C)Oc1c(-c2cn[nH]c2)ncn2nc(N[C@H]3CCC(F)(F)C3)nc12. The average molecular weight is 363 g/mol. The predicted octanol–water partition coefficient (Wildman–Crippen LogP) is 2.90. The number of H-pyrrole nitrogens is 1. The van der Waals surface area contributed by atoms with Crippen molar-refractivity contribution in [1.82, 2.24) is 29.8 Å². The Balaban J connectivity index is 1.70. The molecule has 3 aromatic rings. The minimum Gasteiger partial charge on any atom is -0.485 e. The molecular weight excluding hydrogens is 344 g/mol. The van der Waals surface area contributed by atoms with Gasteiger partial charge in [-0.25, -0.2) is 13.8 Å². The molecule has 1 atom stereocenters. The Morgan fingerprint density at radius 1 is 1.42 bits per heavy atom. The Labute approximate surface area is 148 Å². The highest BCUT2D eigenvalue weighted by Crippen LogP contribution is 2.36. The van der Waals surface area contributed by atoms with Gasteiger partial charge in [0.1, 0.15) is 12.0 Å². The molecule has 0 radical (unpaired) electrons. The molecule has 10 heteroatoms. The van der Waals surface area contributed by atoms with Crippen LogP contribution in [0.4, 0.5) is 14.7 Å². The first-order valence-corrected chi connectivity index (χ1v) is 8.47. The number of alkyl halides is 2. The summed E-state index contributed by atoms with van der Waals surface area (Å²) in [6.07, 6.45) is 4.82. The Morgan fingerprint density at radius 3 is 2.92 bits per heavy atom. The number of aromatic amines is 1. The second kappa shape index (κ2) is 6.19. The highest BCUT2D eigenvalue weighted by molar-refractivity contribution is 5.73. The van der Waals surface area contributed by atoms with E-state index >= 15 is 0 Å². The number of hydrogen-bond acceptors (Lipinski definition) is 6. The van der Waals surface area contributed by atoms with Crippen LogP contribution >= 0.6 is 0 Å². The number of rotatable bonds is 5. The standard InChI is InChI=1S/C16H19F2N7O/c1-9(2)26-13-12(10-6-20-21-7-10)19-8-25-14(13)23-15(24-25)22-11-3-4-16(17,18)5-11/h6-9,11H,3-5H2,1-2H3,(H,20,21)(H,22,24)/t11-/m0/s1. The number of anilines is 1. The second-order valence-corrected chi connectivity index (χ2v) is 6.72. The molecule has 0 aromatic carbocycles. The van der Waals surface area contributed by atoms with E-state index in [1.165, 1.54) is 10.8 Å². The lowest BCUT2D eigenvalue weighted by molar-refractivity contribution is 0.00851. The Kier molecular flexibility index (Phi) is 3.97. The van der Waals surface area contributed by atoms with E-state index < -0.39 is 5.92 Å². The van der Waals surface area contributed by atoms with Crippen LogP contribution in [0.15, 0.2) is 18.7 Å². The van der Waals surface area contributed by atoms with Gasteiger partial charge in [0.05, 0.1) is 12.3 Å². The molecule has 3 aromatic heterocycles. The molecule has 0 spiro atoms. The molecule has 1 aliphatic carbocycles. The first kappa shape index (κ1) is 16.7. The van der Waals surface area contributed by atoms with Crippen LogP contribution in [0, 0.1) is 0 Å². The van der Waals surface area contributed by atoms with Gasteiger partial charge in [0.25, 0.3) is 0 Å². The minimum atomic E-state index is -2.63. The quantitative estimate of drug-likeness (QED) is 0.724. The summed E-state index contributed by atoms with van der Waals surface area (Å²) in [6, 6.07) is -0.349. The third-order valence-electron chi connectivity index (χ3n) is 4.21. The summed E-state index contributed by atoms with van der Waals surface area (Å²) in [5.41, 5.74) is 1.82. The summed E-state index contributed by atoms with van der Waals surface area (Å²) in [5, 5.41) is 14.0. The van der Waals surface area contributed by atoms with Crippen molar-refractivity contribution in [3.05, 3.63) is 18.7 Å². The maximum atomic E-state index is 13.4. The predicted molar refractivity (Wildman–Crippen MR) is 90.3 cm³/mol. The Morgan fingerprint density at radius 2 is 2.27 bits per heavy atom. The second-order valence-electron chi connectivity index (χ2n) is 6.72. The summed E-state index contributed by atoms with van der Waals surface area (Å²) < 4.78 is 34.2. The van der Waals surface area contributed by atoms with E-state index in [9.17, 15) is 8.78 Å². The van der Waals surface area contributed by atoms with Gasteiger partial charge < -0.3 is 10.1 Å². The van der Waals surface area contributed by atoms with Gasteiger partial charge in [0, 0.05) is 30.6 Å². The molecule has 4 rings (SSSR count). The van der Waals surface area contributed by atoms with E-state index in [0.717, 1.165) is 5.56 Å². The molecule has 26 heavy (non-hydrogen) atoms. The zero-order chi connectivity index (χ0) is 18.3. The number of nitrogens with one attached hydrogen (secondary N) is 2. The fraction of sp³-hybridized carbons (Fsp3) is 0.500.